The van der Waals surface area contributed by atoms with Gasteiger partial charge in [-0.1, -0.05) is 37.3 Å². The molecule has 1 heterocycles. The smallest absolute Gasteiger partial charge is 0.233 e. The van der Waals surface area contributed by atoms with E-state index in [1.54, 1.807) is 18.3 Å². The molecule has 6 nitrogen and oxygen atoms in total. The van der Waals surface area contributed by atoms with Gasteiger partial charge in [0.25, 0.3) is 0 Å². The Morgan fingerprint density at radius 3 is 2.41 bits per heavy atom. The van der Waals surface area contributed by atoms with Crippen LogP contribution in [0.3, 0.4) is 0 Å². The topological polar surface area (TPSA) is 80.3 Å². The molecule has 2 aromatic carbocycles. The molecule has 7 heteroatoms. The van der Waals surface area contributed by atoms with E-state index in [-0.39, 0.29) is 5.75 Å². The molecule has 2 N–H and O–H groups in total. The molecule has 0 saturated carbocycles. The largest absolute Gasteiger partial charge is 0.455 e. The van der Waals surface area contributed by atoms with Gasteiger partial charge in [0.2, 0.25) is 10.0 Å². The van der Waals surface area contributed by atoms with E-state index in [9.17, 15) is 8.42 Å². The molecule has 0 atom stereocenters. The van der Waals surface area contributed by atoms with Crippen molar-refractivity contribution in [2.75, 3.05) is 15.8 Å². The van der Waals surface area contributed by atoms with Crippen LogP contribution in [0.15, 0.2) is 72.9 Å². The molecule has 3 aromatic rings. The van der Waals surface area contributed by atoms with Crippen LogP contribution in [-0.2, 0) is 10.0 Å². The van der Waals surface area contributed by atoms with Gasteiger partial charge in [0, 0.05) is 0 Å². The quantitative estimate of drug-likeness (QED) is 0.586. The van der Waals surface area contributed by atoms with E-state index in [2.05, 4.69) is 15.0 Å². The van der Waals surface area contributed by atoms with Gasteiger partial charge in [0.1, 0.15) is 11.6 Å². The minimum atomic E-state index is -3.35. The molecule has 27 heavy (non-hydrogen) atoms. The number of nitrogens with zero attached hydrogens (tertiary/aromatic N) is 1. The summed E-state index contributed by atoms with van der Waals surface area (Å²) in [5.74, 6) is 1.78. The predicted octanol–water partition coefficient (Wildman–Crippen LogP) is 4.77. The Balaban J connectivity index is 1.72. The van der Waals surface area contributed by atoms with Gasteiger partial charge >= 0.3 is 0 Å². The Morgan fingerprint density at radius 1 is 0.963 bits per heavy atom. The second-order valence-corrected chi connectivity index (χ2v) is 7.73. The van der Waals surface area contributed by atoms with Crippen molar-refractivity contribution in [2.24, 2.45) is 0 Å². The second-order valence-electron chi connectivity index (χ2n) is 5.89. The SMILES string of the molecule is CCCS(=O)(=O)Nc1ccc(Nc2ccccc2Oc2ccccc2)cn1. The Bertz CT molecular complexity index is 975. The number of pyridine rings is 1. The van der Waals surface area contributed by atoms with Crippen LogP contribution in [0.25, 0.3) is 0 Å². The molecule has 0 aliphatic carbocycles. The molecule has 0 aliphatic heterocycles. The highest BCUT2D eigenvalue weighted by atomic mass is 32.2. The van der Waals surface area contributed by atoms with Crippen LogP contribution >= 0.6 is 0 Å². The zero-order chi connectivity index (χ0) is 19.1. The number of benzene rings is 2. The van der Waals surface area contributed by atoms with E-state index < -0.39 is 10.0 Å². The van der Waals surface area contributed by atoms with Gasteiger partial charge < -0.3 is 10.1 Å². The molecule has 3 rings (SSSR count). The zero-order valence-electron chi connectivity index (χ0n) is 14.9. The molecule has 0 fully saturated rings. The van der Waals surface area contributed by atoms with Crippen LogP contribution in [0.1, 0.15) is 13.3 Å². The fraction of sp³-hybridized carbons (Fsp3) is 0.150. The number of aromatic nitrogens is 1. The van der Waals surface area contributed by atoms with Crippen molar-refractivity contribution >= 4 is 27.2 Å². The molecule has 0 spiro atoms. The molecule has 0 radical (unpaired) electrons. The fourth-order valence-electron chi connectivity index (χ4n) is 2.44. The number of ether oxygens (including phenoxy) is 1. The van der Waals surface area contributed by atoms with Crippen LogP contribution in [0, 0.1) is 0 Å². The number of nitrogens with one attached hydrogen (secondary N) is 2. The number of hydrogen-bond donors (Lipinski definition) is 2. The zero-order valence-corrected chi connectivity index (χ0v) is 15.7. The maximum atomic E-state index is 11.8. The van der Waals surface area contributed by atoms with E-state index >= 15 is 0 Å². The van der Waals surface area contributed by atoms with E-state index in [1.807, 2.05) is 61.5 Å². The van der Waals surface area contributed by atoms with E-state index in [0.717, 1.165) is 17.1 Å². The highest BCUT2D eigenvalue weighted by Crippen LogP contribution is 2.31. The average molecular weight is 383 g/mol. The second kappa shape index (κ2) is 8.55. The number of para-hydroxylation sites is 3. The first-order valence-electron chi connectivity index (χ1n) is 8.61. The average Bonchev–Trinajstić information content (AvgIpc) is 2.65. The first kappa shape index (κ1) is 18.7. The van der Waals surface area contributed by atoms with Crippen molar-refractivity contribution in [1.82, 2.24) is 4.98 Å². The van der Waals surface area contributed by atoms with Crippen LogP contribution in [-0.4, -0.2) is 19.2 Å². The lowest BCUT2D eigenvalue weighted by Crippen LogP contribution is -2.16. The van der Waals surface area contributed by atoms with Gasteiger partial charge in [-0.3, -0.25) is 4.72 Å². The van der Waals surface area contributed by atoms with Gasteiger partial charge in [0.15, 0.2) is 5.75 Å². The molecular formula is C20H21N3O3S. The number of sulfonamides is 1. The van der Waals surface area contributed by atoms with Crippen LogP contribution in [0.2, 0.25) is 0 Å². The summed E-state index contributed by atoms with van der Waals surface area (Å²) in [6.45, 7) is 1.81. The standard InChI is InChI=1S/C20H21N3O3S/c1-2-14-27(24,25)23-20-13-12-16(15-21-20)22-18-10-6-7-11-19(18)26-17-8-4-3-5-9-17/h3-13,15,22H,2,14H2,1H3,(H,21,23). The van der Waals surface area contributed by atoms with Gasteiger partial charge in [-0.2, -0.15) is 0 Å². The molecule has 0 amide bonds. The fourth-order valence-corrected chi connectivity index (χ4v) is 3.52. The number of rotatable bonds is 8. The number of hydrogen-bond acceptors (Lipinski definition) is 5. The third kappa shape index (κ3) is 5.46. The molecular weight excluding hydrogens is 362 g/mol. The van der Waals surface area contributed by atoms with E-state index in [1.165, 1.54) is 0 Å². The Hall–Kier alpha value is -3.06. The normalized spacial score (nSPS) is 11.0. The Labute approximate surface area is 159 Å². The van der Waals surface area contributed by atoms with Crippen molar-refractivity contribution in [3.05, 3.63) is 72.9 Å². The maximum absolute atomic E-state index is 11.8. The van der Waals surface area contributed by atoms with Crippen molar-refractivity contribution in [1.29, 1.82) is 0 Å². The highest BCUT2D eigenvalue weighted by Gasteiger charge is 2.10. The lowest BCUT2D eigenvalue weighted by molar-refractivity contribution is 0.485. The summed E-state index contributed by atoms with van der Waals surface area (Å²) < 4.78 is 32.0. The maximum Gasteiger partial charge on any atom is 0.233 e. The molecule has 1 aromatic heterocycles. The number of anilines is 3. The third-order valence-corrected chi connectivity index (χ3v) is 5.10. The summed E-state index contributed by atoms with van der Waals surface area (Å²) in [4.78, 5) is 4.16. The Morgan fingerprint density at radius 2 is 1.70 bits per heavy atom. The summed E-state index contributed by atoms with van der Waals surface area (Å²) >= 11 is 0. The summed E-state index contributed by atoms with van der Waals surface area (Å²) in [5.41, 5.74) is 1.50. The molecule has 0 unspecified atom stereocenters. The van der Waals surface area contributed by atoms with Crippen molar-refractivity contribution in [3.8, 4) is 11.5 Å². The van der Waals surface area contributed by atoms with Crippen LogP contribution in [0.5, 0.6) is 11.5 Å². The summed E-state index contributed by atoms with van der Waals surface area (Å²) in [7, 11) is -3.35. The monoisotopic (exact) mass is 383 g/mol. The van der Waals surface area contributed by atoms with E-state index in [0.29, 0.717) is 18.0 Å². The first-order chi connectivity index (χ1) is 13.1. The third-order valence-electron chi connectivity index (χ3n) is 3.63. The molecule has 0 saturated heterocycles. The van der Waals surface area contributed by atoms with Crippen molar-refractivity contribution in [3.63, 3.8) is 0 Å². The van der Waals surface area contributed by atoms with Gasteiger partial charge in [-0.25, -0.2) is 13.4 Å². The summed E-state index contributed by atoms with van der Waals surface area (Å²) in [5, 5.41) is 3.24. The Kier molecular flexibility index (Phi) is 5.93. The minimum Gasteiger partial charge on any atom is -0.455 e. The molecule has 0 bridgehead atoms. The van der Waals surface area contributed by atoms with Gasteiger partial charge in [-0.05, 0) is 42.8 Å². The summed E-state index contributed by atoms with van der Waals surface area (Å²) in [6.07, 6.45) is 2.12. The molecule has 0 aliphatic rings. The van der Waals surface area contributed by atoms with E-state index in [4.69, 9.17) is 4.74 Å². The first-order valence-corrected chi connectivity index (χ1v) is 10.3. The minimum absolute atomic E-state index is 0.0683. The molecule has 140 valence electrons. The van der Waals surface area contributed by atoms with Gasteiger partial charge in [-0.15, -0.1) is 0 Å². The lowest BCUT2D eigenvalue weighted by atomic mass is 10.2. The van der Waals surface area contributed by atoms with Crippen LogP contribution in [0.4, 0.5) is 17.2 Å². The van der Waals surface area contributed by atoms with Crippen molar-refractivity contribution in [2.45, 2.75) is 13.3 Å². The van der Waals surface area contributed by atoms with Crippen molar-refractivity contribution < 1.29 is 13.2 Å². The highest BCUT2D eigenvalue weighted by molar-refractivity contribution is 7.92. The van der Waals surface area contributed by atoms with Crippen LogP contribution < -0.4 is 14.8 Å². The van der Waals surface area contributed by atoms with Gasteiger partial charge in [0.05, 0.1) is 23.3 Å². The summed E-state index contributed by atoms with van der Waals surface area (Å²) in [6, 6.07) is 20.5. The predicted molar refractivity (Wildman–Crippen MR) is 108 cm³/mol. The lowest BCUT2D eigenvalue weighted by Gasteiger charge is -2.13.